The van der Waals surface area contributed by atoms with E-state index in [1.165, 1.54) is 16.4 Å². The van der Waals surface area contributed by atoms with Crippen molar-refractivity contribution in [3.05, 3.63) is 42.0 Å². The van der Waals surface area contributed by atoms with E-state index in [2.05, 4.69) is 11.9 Å². The van der Waals surface area contributed by atoms with Gasteiger partial charge in [-0.3, -0.25) is 4.79 Å². The highest BCUT2D eigenvalue weighted by Gasteiger charge is 2.27. The maximum absolute atomic E-state index is 12.6. The van der Waals surface area contributed by atoms with Crippen LogP contribution in [0.4, 0.5) is 0 Å². The van der Waals surface area contributed by atoms with Crippen molar-refractivity contribution < 1.29 is 17.9 Å². The summed E-state index contributed by atoms with van der Waals surface area (Å²) in [6.45, 7) is 7.07. The van der Waals surface area contributed by atoms with Crippen LogP contribution in [0.2, 0.25) is 0 Å². The molecule has 1 fully saturated rings. The van der Waals surface area contributed by atoms with Crippen LogP contribution in [0.15, 0.2) is 35.7 Å². The zero-order valence-electron chi connectivity index (χ0n) is 12.5. The highest BCUT2D eigenvalue weighted by atomic mass is 32.2. The minimum Gasteiger partial charge on any atom is -0.379 e. The molecule has 1 aromatic carbocycles. The molecule has 22 heavy (non-hydrogen) atoms. The van der Waals surface area contributed by atoms with Crippen molar-refractivity contribution in [2.24, 2.45) is 0 Å². The second-order valence-corrected chi connectivity index (χ2v) is 6.93. The molecule has 7 heteroatoms. The Morgan fingerprint density at radius 1 is 1.41 bits per heavy atom. The number of benzene rings is 1. The largest absolute Gasteiger partial charge is 0.379 e. The van der Waals surface area contributed by atoms with Gasteiger partial charge in [0, 0.05) is 25.2 Å². The molecule has 0 spiro atoms. The van der Waals surface area contributed by atoms with Crippen LogP contribution in [-0.2, 0) is 14.8 Å². The van der Waals surface area contributed by atoms with Crippen molar-refractivity contribution in [3.8, 4) is 0 Å². The SMILES string of the molecule is C=CCNC(=O)c1cc(S(=O)(=O)N2CCOCC2)ccc1C. The van der Waals surface area contributed by atoms with Crippen molar-refractivity contribution in [2.45, 2.75) is 11.8 Å². The van der Waals surface area contributed by atoms with Crippen LogP contribution in [0.3, 0.4) is 0 Å². The Bertz CT molecular complexity index is 664. The number of aryl methyl sites for hydroxylation is 1. The number of hydrogen-bond acceptors (Lipinski definition) is 4. The van der Waals surface area contributed by atoms with Gasteiger partial charge in [0.15, 0.2) is 0 Å². The minimum absolute atomic E-state index is 0.128. The van der Waals surface area contributed by atoms with Crippen LogP contribution in [-0.4, -0.2) is 51.5 Å². The molecule has 1 aliphatic heterocycles. The summed E-state index contributed by atoms with van der Waals surface area (Å²) in [5.74, 6) is -0.309. The van der Waals surface area contributed by atoms with E-state index in [9.17, 15) is 13.2 Å². The number of carbonyl (C=O) groups excluding carboxylic acids is 1. The molecule has 6 nitrogen and oxygen atoms in total. The molecule has 0 atom stereocenters. The second kappa shape index (κ2) is 7.04. The summed E-state index contributed by atoms with van der Waals surface area (Å²) in [7, 11) is -3.60. The van der Waals surface area contributed by atoms with Gasteiger partial charge in [0.1, 0.15) is 0 Å². The van der Waals surface area contributed by atoms with Gasteiger partial charge >= 0.3 is 0 Å². The Morgan fingerprint density at radius 2 is 2.09 bits per heavy atom. The lowest BCUT2D eigenvalue weighted by molar-refractivity contribution is 0.0730. The summed E-state index contributed by atoms with van der Waals surface area (Å²) in [6.07, 6.45) is 1.57. The first-order chi connectivity index (χ1) is 10.5. The molecule has 1 saturated heterocycles. The summed E-state index contributed by atoms with van der Waals surface area (Å²) in [5.41, 5.74) is 1.08. The van der Waals surface area contributed by atoms with Crippen LogP contribution in [0.5, 0.6) is 0 Å². The van der Waals surface area contributed by atoms with Gasteiger partial charge < -0.3 is 10.1 Å². The number of morpholine rings is 1. The monoisotopic (exact) mass is 324 g/mol. The fourth-order valence-electron chi connectivity index (χ4n) is 2.20. The van der Waals surface area contributed by atoms with E-state index in [1.807, 2.05) is 0 Å². The molecule has 1 aromatic rings. The molecular formula is C15H20N2O4S. The van der Waals surface area contributed by atoms with Crippen molar-refractivity contribution in [1.82, 2.24) is 9.62 Å². The van der Waals surface area contributed by atoms with E-state index in [1.54, 1.807) is 19.1 Å². The Kier molecular flexibility index (Phi) is 5.33. The quantitative estimate of drug-likeness (QED) is 0.818. The standard InChI is InChI=1S/C15H20N2O4S/c1-3-6-16-15(18)14-11-13(5-4-12(14)2)22(19,20)17-7-9-21-10-8-17/h3-5,11H,1,6-10H2,2H3,(H,16,18). The van der Waals surface area contributed by atoms with Crippen molar-refractivity contribution in [2.75, 3.05) is 32.8 Å². The van der Waals surface area contributed by atoms with Crippen LogP contribution >= 0.6 is 0 Å². The molecule has 0 saturated carbocycles. The molecule has 1 N–H and O–H groups in total. The molecule has 2 rings (SSSR count). The highest BCUT2D eigenvalue weighted by molar-refractivity contribution is 7.89. The van der Waals surface area contributed by atoms with Gasteiger partial charge in [-0.25, -0.2) is 8.42 Å². The third-order valence-corrected chi connectivity index (χ3v) is 5.36. The van der Waals surface area contributed by atoms with Gasteiger partial charge in [-0.1, -0.05) is 12.1 Å². The predicted octanol–water partition coefficient (Wildman–Crippen LogP) is 0.932. The van der Waals surface area contributed by atoms with E-state index in [4.69, 9.17) is 4.74 Å². The molecule has 0 bridgehead atoms. The number of amides is 1. The number of carbonyl (C=O) groups is 1. The average molecular weight is 324 g/mol. The molecule has 0 radical (unpaired) electrons. The molecular weight excluding hydrogens is 304 g/mol. The molecule has 0 aromatic heterocycles. The zero-order valence-corrected chi connectivity index (χ0v) is 13.4. The summed E-state index contributed by atoms with van der Waals surface area (Å²) < 4.78 is 31.8. The first-order valence-corrected chi connectivity index (χ1v) is 8.48. The fraction of sp³-hybridized carbons (Fsp3) is 0.400. The maximum atomic E-state index is 12.6. The van der Waals surface area contributed by atoms with E-state index < -0.39 is 10.0 Å². The first-order valence-electron chi connectivity index (χ1n) is 7.04. The second-order valence-electron chi connectivity index (χ2n) is 4.99. The van der Waals surface area contributed by atoms with Gasteiger partial charge in [0.2, 0.25) is 10.0 Å². The van der Waals surface area contributed by atoms with Gasteiger partial charge in [-0.15, -0.1) is 6.58 Å². The molecule has 120 valence electrons. The lowest BCUT2D eigenvalue weighted by Crippen LogP contribution is -2.40. The van der Waals surface area contributed by atoms with Gasteiger partial charge in [-0.05, 0) is 24.6 Å². The smallest absolute Gasteiger partial charge is 0.251 e. The zero-order chi connectivity index (χ0) is 16.2. The molecule has 1 aliphatic rings. The third kappa shape index (κ3) is 3.55. The predicted molar refractivity (Wildman–Crippen MR) is 83.3 cm³/mol. The summed E-state index contributed by atoms with van der Waals surface area (Å²) in [4.78, 5) is 12.2. The Morgan fingerprint density at radius 3 is 2.73 bits per heavy atom. The lowest BCUT2D eigenvalue weighted by Gasteiger charge is -2.26. The van der Waals surface area contributed by atoms with E-state index in [-0.39, 0.29) is 10.8 Å². The number of rotatable bonds is 5. The molecule has 1 heterocycles. The van der Waals surface area contributed by atoms with Crippen LogP contribution < -0.4 is 5.32 Å². The summed E-state index contributed by atoms with van der Waals surface area (Å²) in [6, 6.07) is 4.61. The number of nitrogens with zero attached hydrogens (tertiary/aromatic N) is 1. The minimum atomic E-state index is -3.60. The van der Waals surface area contributed by atoms with E-state index in [0.29, 0.717) is 38.4 Å². The van der Waals surface area contributed by atoms with Gasteiger partial charge in [-0.2, -0.15) is 4.31 Å². The summed E-state index contributed by atoms with van der Waals surface area (Å²) in [5, 5.41) is 2.66. The van der Waals surface area contributed by atoms with Crippen molar-refractivity contribution in [3.63, 3.8) is 0 Å². The Balaban J connectivity index is 2.31. The maximum Gasteiger partial charge on any atom is 0.251 e. The van der Waals surface area contributed by atoms with Gasteiger partial charge in [0.25, 0.3) is 5.91 Å². The normalized spacial score (nSPS) is 16.2. The number of hydrogen-bond donors (Lipinski definition) is 1. The lowest BCUT2D eigenvalue weighted by atomic mass is 10.1. The number of nitrogens with one attached hydrogen (secondary N) is 1. The highest BCUT2D eigenvalue weighted by Crippen LogP contribution is 2.20. The van der Waals surface area contributed by atoms with Crippen molar-refractivity contribution in [1.29, 1.82) is 0 Å². The summed E-state index contributed by atoms with van der Waals surface area (Å²) >= 11 is 0. The van der Waals surface area contributed by atoms with Gasteiger partial charge in [0.05, 0.1) is 18.1 Å². The first kappa shape index (κ1) is 16.7. The van der Waals surface area contributed by atoms with Crippen LogP contribution in [0.1, 0.15) is 15.9 Å². The number of ether oxygens (including phenoxy) is 1. The average Bonchev–Trinajstić information content (AvgIpc) is 2.53. The van der Waals surface area contributed by atoms with E-state index >= 15 is 0 Å². The Hall–Kier alpha value is -1.70. The molecule has 0 unspecified atom stereocenters. The topological polar surface area (TPSA) is 75.7 Å². The van der Waals surface area contributed by atoms with E-state index in [0.717, 1.165) is 5.56 Å². The number of sulfonamides is 1. The van der Waals surface area contributed by atoms with Crippen LogP contribution in [0.25, 0.3) is 0 Å². The fourth-order valence-corrected chi connectivity index (χ4v) is 3.64. The van der Waals surface area contributed by atoms with Crippen molar-refractivity contribution >= 4 is 15.9 Å². The third-order valence-electron chi connectivity index (χ3n) is 3.47. The Labute approximate surface area is 130 Å². The molecule has 0 aliphatic carbocycles. The molecule has 1 amide bonds. The van der Waals surface area contributed by atoms with Crippen LogP contribution in [0, 0.1) is 6.92 Å².